The molecule has 2 rings (SSSR count). The van der Waals surface area contributed by atoms with Gasteiger partial charge in [-0.05, 0) is 24.4 Å². The molecular weight excluding hydrogens is 176 g/mol. The highest BCUT2D eigenvalue weighted by Crippen LogP contribution is 2.03. The Hall–Kier alpha value is -1.49. The minimum Gasteiger partial charge on any atom is -0.429 e. The molecule has 4 nitrogen and oxygen atoms in total. The van der Waals surface area contributed by atoms with Crippen LogP contribution in [0.2, 0.25) is 0 Å². The predicted octanol–water partition coefficient (Wildman–Crippen LogP) is 1.25. The van der Waals surface area contributed by atoms with Crippen molar-refractivity contribution < 1.29 is 4.42 Å². The van der Waals surface area contributed by atoms with Gasteiger partial charge in [-0.3, -0.25) is 9.78 Å². The molecule has 0 saturated heterocycles. The Kier molecular flexibility index (Phi) is 1.51. The van der Waals surface area contributed by atoms with Crippen molar-refractivity contribution in [2.75, 3.05) is 0 Å². The van der Waals surface area contributed by atoms with E-state index in [1.807, 2.05) is 0 Å². The lowest BCUT2D eigenvalue weighted by molar-refractivity contribution is 0.555. The topological polar surface area (TPSA) is 58.9 Å². The molecule has 0 bridgehead atoms. The van der Waals surface area contributed by atoms with Crippen LogP contribution in [0.3, 0.4) is 0 Å². The van der Waals surface area contributed by atoms with Crippen LogP contribution in [0.15, 0.2) is 27.5 Å². The maximum absolute atomic E-state index is 11.2. The summed E-state index contributed by atoms with van der Waals surface area (Å²) >= 11 is 4.68. The summed E-state index contributed by atoms with van der Waals surface area (Å²) in [4.78, 5) is 17.4. The standard InChI is InChI=1S/C7H4N2O2S/c10-6-5-4(2-1-3-8-5)11-7(12)9-6/h1-3H,(H,9,10,12). The average molecular weight is 180 g/mol. The summed E-state index contributed by atoms with van der Waals surface area (Å²) < 4.78 is 5.04. The third-order valence-corrected chi connectivity index (χ3v) is 1.59. The highest BCUT2D eigenvalue weighted by Gasteiger charge is 1.99. The number of H-pyrrole nitrogens is 1. The van der Waals surface area contributed by atoms with Crippen molar-refractivity contribution in [2.24, 2.45) is 0 Å². The number of aromatic nitrogens is 2. The Morgan fingerprint density at radius 2 is 2.42 bits per heavy atom. The van der Waals surface area contributed by atoms with E-state index in [-0.39, 0.29) is 15.9 Å². The van der Waals surface area contributed by atoms with E-state index in [1.54, 1.807) is 12.1 Å². The summed E-state index contributed by atoms with van der Waals surface area (Å²) in [6, 6.07) is 3.33. The van der Waals surface area contributed by atoms with E-state index in [0.717, 1.165) is 0 Å². The Balaban J connectivity index is 3.09. The third kappa shape index (κ3) is 1.04. The van der Waals surface area contributed by atoms with Gasteiger partial charge in [0.15, 0.2) is 11.1 Å². The molecule has 0 aliphatic heterocycles. The van der Waals surface area contributed by atoms with E-state index in [2.05, 4.69) is 22.2 Å². The van der Waals surface area contributed by atoms with Gasteiger partial charge in [-0.2, -0.15) is 0 Å². The monoisotopic (exact) mass is 180 g/mol. The highest BCUT2D eigenvalue weighted by molar-refractivity contribution is 7.71. The van der Waals surface area contributed by atoms with Gasteiger partial charge >= 0.3 is 0 Å². The first-order valence-corrected chi connectivity index (χ1v) is 3.66. The Bertz CT molecular complexity index is 528. The molecule has 0 aromatic carbocycles. The fraction of sp³-hybridized carbons (Fsp3) is 0. The first kappa shape index (κ1) is 7.17. The van der Waals surface area contributed by atoms with E-state index >= 15 is 0 Å². The average Bonchev–Trinajstić information content (AvgIpc) is 2.04. The molecule has 0 unspecified atom stereocenters. The van der Waals surface area contributed by atoms with Crippen molar-refractivity contribution in [3.63, 3.8) is 0 Å². The quantitative estimate of drug-likeness (QED) is 0.620. The number of nitrogens with zero attached hydrogens (tertiary/aromatic N) is 1. The number of nitrogens with one attached hydrogen (secondary N) is 1. The number of fused-ring (bicyclic) bond motifs is 1. The molecule has 12 heavy (non-hydrogen) atoms. The van der Waals surface area contributed by atoms with Crippen molar-refractivity contribution in [1.82, 2.24) is 9.97 Å². The van der Waals surface area contributed by atoms with E-state index < -0.39 is 0 Å². The first-order chi connectivity index (χ1) is 5.77. The molecule has 0 aliphatic rings. The molecule has 0 atom stereocenters. The van der Waals surface area contributed by atoms with Crippen LogP contribution in [-0.2, 0) is 0 Å². The second kappa shape index (κ2) is 2.53. The molecule has 0 fully saturated rings. The highest BCUT2D eigenvalue weighted by atomic mass is 32.1. The molecule has 0 aliphatic carbocycles. The molecule has 2 aromatic rings. The second-order valence-electron chi connectivity index (χ2n) is 2.19. The second-order valence-corrected chi connectivity index (χ2v) is 2.56. The van der Waals surface area contributed by atoms with E-state index in [4.69, 9.17) is 4.42 Å². The molecule has 0 spiro atoms. The zero-order chi connectivity index (χ0) is 8.55. The molecule has 2 heterocycles. The van der Waals surface area contributed by atoms with Crippen molar-refractivity contribution in [3.8, 4) is 0 Å². The summed E-state index contributed by atoms with van der Waals surface area (Å²) in [5.41, 5.74) is 0.360. The van der Waals surface area contributed by atoms with Gasteiger partial charge in [0.25, 0.3) is 10.4 Å². The first-order valence-electron chi connectivity index (χ1n) is 3.25. The van der Waals surface area contributed by atoms with Crippen LogP contribution in [0.25, 0.3) is 11.1 Å². The van der Waals surface area contributed by atoms with E-state index in [9.17, 15) is 4.79 Å². The van der Waals surface area contributed by atoms with Crippen LogP contribution in [0.5, 0.6) is 0 Å². The van der Waals surface area contributed by atoms with Gasteiger partial charge in [0.05, 0.1) is 0 Å². The minimum absolute atomic E-state index is 0.0699. The zero-order valence-corrected chi connectivity index (χ0v) is 6.72. The van der Waals surface area contributed by atoms with Crippen LogP contribution >= 0.6 is 12.2 Å². The summed E-state index contributed by atoms with van der Waals surface area (Å²) in [6.07, 6.45) is 1.52. The fourth-order valence-electron chi connectivity index (χ4n) is 0.921. The number of rotatable bonds is 0. The number of hydrogen-bond acceptors (Lipinski definition) is 4. The number of hydrogen-bond donors (Lipinski definition) is 1. The maximum Gasteiger partial charge on any atom is 0.281 e. The van der Waals surface area contributed by atoms with Crippen molar-refractivity contribution >= 4 is 23.3 Å². The van der Waals surface area contributed by atoms with Crippen molar-refractivity contribution in [1.29, 1.82) is 0 Å². The molecule has 5 heteroatoms. The Labute approximate surface area is 71.9 Å². The van der Waals surface area contributed by atoms with Gasteiger partial charge in [-0.15, -0.1) is 0 Å². The van der Waals surface area contributed by atoms with Crippen LogP contribution in [0.1, 0.15) is 0 Å². The predicted molar refractivity (Wildman–Crippen MR) is 45.5 cm³/mol. The van der Waals surface area contributed by atoms with Crippen molar-refractivity contribution in [2.45, 2.75) is 0 Å². The van der Waals surface area contributed by atoms with Crippen LogP contribution in [-0.4, -0.2) is 9.97 Å². The van der Waals surface area contributed by atoms with Crippen LogP contribution in [0, 0.1) is 4.84 Å². The maximum atomic E-state index is 11.2. The third-order valence-electron chi connectivity index (χ3n) is 1.40. The van der Waals surface area contributed by atoms with E-state index in [0.29, 0.717) is 5.58 Å². The normalized spacial score (nSPS) is 10.3. The Morgan fingerprint density at radius 3 is 3.25 bits per heavy atom. The zero-order valence-electron chi connectivity index (χ0n) is 5.90. The lowest BCUT2D eigenvalue weighted by Crippen LogP contribution is -2.06. The van der Waals surface area contributed by atoms with Gasteiger partial charge in [0.1, 0.15) is 0 Å². The number of aromatic amines is 1. The van der Waals surface area contributed by atoms with Gasteiger partial charge in [0, 0.05) is 6.20 Å². The van der Waals surface area contributed by atoms with Crippen LogP contribution < -0.4 is 5.56 Å². The minimum atomic E-state index is -0.318. The smallest absolute Gasteiger partial charge is 0.281 e. The summed E-state index contributed by atoms with van der Waals surface area (Å²) in [5.74, 6) is 0. The van der Waals surface area contributed by atoms with Gasteiger partial charge in [-0.1, -0.05) is 0 Å². The molecule has 0 amide bonds. The molecule has 60 valence electrons. The lowest BCUT2D eigenvalue weighted by Gasteiger charge is -1.91. The van der Waals surface area contributed by atoms with E-state index in [1.165, 1.54) is 6.20 Å². The molecule has 0 radical (unpaired) electrons. The Morgan fingerprint density at radius 1 is 1.58 bits per heavy atom. The summed E-state index contributed by atoms with van der Waals surface area (Å²) in [5, 5.41) is 0. The molecule has 0 saturated carbocycles. The fourth-order valence-corrected chi connectivity index (χ4v) is 1.10. The summed E-state index contributed by atoms with van der Waals surface area (Å²) in [7, 11) is 0. The van der Waals surface area contributed by atoms with Gasteiger partial charge < -0.3 is 4.42 Å². The SMILES string of the molecule is O=c1[nH]c(=S)oc2cccnc12. The largest absolute Gasteiger partial charge is 0.429 e. The summed E-state index contributed by atoms with van der Waals surface area (Å²) in [6.45, 7) is 0. The molecule has 1 N–H and O–H groups in total. The molecular formula is C7H4N2O2S. The van der Waals surface area contributed by atoms with Crippen LogP contribution in [0.4, 0.5) is 0 Å². The number of pyridine rings is 1. The van der Waals surface area contributed by atoms with Gasteiger partial charge in [0.2, 0.25) is 0 Å². The van der Waals surface area contributed by atoms with Crippen molar-refractivity contribution in [3.05, 3.63) is 33.5 Å². The molecule has 2 aromatic heterocycles. The van der Waals surface area contributed by atoms with Gasteiger partial charge in [-0.25, -0.2) is 4.98 Å². The lowest BCUT2D eigenvalue weighted by atomic mass is 10.4.